The molecular weight excluding hydrogens is 433 g/mol. The highest BCUT2D eigenvalue weighted by Crippen LogP contribution is 2.26. The molecule has 0 atom stereocenters. The molecule has 0 spiro atoms. The molecule has 0 bridgehead atoms. The Hall–Kier alpha value is -2.09. The molecule has 1 aliphatic rings. The van der Waals surface area contributed by atoms with Crippen LogP contribution in [0.3, 0.4) is 0 Å². The van der Waals surface area contributed by atoms with Gasteiger partial charge in [-0.2, -0.15) is 8.42 Å². The van der Waals surface area contributed by atoms with Gasteiger partial charge in [0, 0.05) is 32.1 Å². The molecule has 2 aromatic rings. The Bertz CT molecular complexity index is 1050. The fourth-order valence-corrected chi connectivity index (χ4v) is 4.60. The van der Waals surface area contributed by atoms with E-state index in [0.717, 1.165) is 18.5 Å². The normalized spacial score (nSPS) is 15.7. The van der Waals surface area contributed by atoms with Crippen LogP contribution >= 0.6 is 23.2 Å². The van der Waals surface area contributed by atoms with E-state index in [9.17, 15) is 13.2 Å². The van der Waals surface area contributed by atoms with Gasteiger partial charge < -0.3 is 10.2 Å². The number of carbonyl (C=O) groups excluding carboxylic acids is 1. The lowest BCUT2D eigenvalue weighted by Gasteiger charge is -2.11. The monoisotopic (exact) mass is 453 g/mol. The molecule has 0 aromatic heterocycles. The van der Waals surface area contributed by atoms with E-state index in [4.69, 9.17) is 23.2 Å². The quantitative estimate of drug-likeness (QED) is 0.703. The first kappa shape index (κ1) is 21.6. The molecule has 0 aliphatic carbocycles. The van der Waals surface area contributed by atoms with Gasteiger partial charge >= 0.3 is 0 Å². The third-order valence-corrected chi connectivity index (χ3v) is 6.79. The van der Waals surface area contributed by atoms with E-state index in [-0.39, 0.29) is 17.2 Å². The van der Waals surface area contributed by atoms with Crippen LogP contribution in [0.4, 0.5) is 5.69 Å². The predicted octanol–water partition coefficient (Wildman–Crippen LogP) is 4.38. The first-order valence-corrected chi connectivity index (χ1v) is 11.3. The molecule has 9 heteroatoms. The summed E-state index contributed by atoms with van der Waals surface area (Å²) in [4.78, 5) is 14.2. The number of likely N-dealkylation sites (tertiary alicyclic amines) is 1. The maximum atomic E-state index is 12.6. The van der Waals surface area contributed by atoms with Gasteiger partial charge in [-0.05, 0) is 42.7 Å². The van der Waals surface area contributed by atoms with Crippen molar-refractivity contribution < 1.29 is 13.2 Å². The lowest BCUT2D eigenvalue weighted by Crippen LogP contribution is -2.20. The Morgan fingerprint density at radius 3 is 2.69 bits per heavy atom. The van der Waals surface area contributed by atoms with Gasteiger partial charge in [-0.25, -0.2) is 0 Å². The number of carbonyl (C=O) groups is 1. The van der Waals surface area contributed by atoms with Crippen LogP contribution < -0.4 is 5.32 Å². The van der Waals surface area contributed by atoms with Crippen LogP contribution in [-0.4, -0.2) is 38.7 Å². The van der Waals surface area contributed by atoms with Crippen molar-refractivity contribution in [3.8, 4) is 0 Å². The number of benzene rings is 2. The summed E-state index contributed by atoms with van der Waals surface area (Å²) in [6.07, 6.45) is 2.13. The van der Waals surface area contributed by atoms with E-state index < -0.39 is 10.0 Å². The van der Waals surface area contributed by atoms with Crippen LogP contribution in [0.15, 0.2) is 51.8 Å². The Labute approximate surface area is 180 Å². The van der Waals surface area contributed by atoms with Crippen LogP contribution in [0, 0.1) is 0 Å². The molecule has 1 fully saturated rings. The third kappa shape index (κ3) is 5.50. The van der Waals surface area contributed by atoms with Crippen LogP contribution in [0.2, 0.25) is 10.0 Å². The number of hydrogen-bond donors (Lipinski definition) is 1. The molecule has 29 heavy (non-hydrogen) atoms. The zero-order valence-electron chi connectivity index (χ0n) is 15.9. The molecule has 0 unspecified atom stereocenters. The van der Waals surface area contributed by atoms with Crippen molar-refractivity contribution in [1.82, 2.24) is 4.90 Å². The van der Waals surface area contributed by atoms with Gasteiger partial charge in [-0.3, -0.25) is 4.79 Å². The summed E-state index contributed by atoms with van der Waals surface area (Å²) in [5.74, 6) is 0.301. The van der Waals surface area contributed by atoms with Crippen molar-refractivity contribution >= 4 is 50.7 Å². The fraction of sp³-hybridized carbons (Fsp3) is 0.300. The Morgan fingerprint density at radius 1 is 1.21 bits per heavy atom. The summed E-state index contributed by atoms with van der Waals surface area (Å²) in [6.45, 7) is 0.793. The lowest BCUT2D eigenvalue weighted by molar-refractivity contribution is -0.116. The van der Waals surface area contributed by atoms with Crippen molar-refractivity contribution in [1.29, 1.82) is 0 Å². The van der Waals surface area contributed by atoms with Crippen molar-refractivity contribution in [3.63, 3.8) is 0 Å². The van der Waals surface area contributed by atoms with Crippen molar-refractivity contribution in [2.45, 2.75) is 30.6 Å². The van der Waals surface area contributed by atoms with E-state index in [0.29, 0.717) is 34.4 Å². The minimum absolute atomic E-state index is 0.0426. The van der Waals surface area contributed by atoms with Crippen LogP contribution in [0.25, 0.3) is 0 Å². The second-order valence-electron chi connectivity index (χ2n) is 6.80. The molecule has 1 amide bonds. The molecule has 2 aromatic carbocycles. The molecule has 154 valence electrons. The van der Waals surface area contributed by atoms with Gasteiger partial charge in [0.05, 0.1) is 14.9 Å². The van der Waals surface area contributed by atoms with Crippen molar-refractivity contribution in [3.05, 3.63) is 58.1 Å². The molecule has 1 saturated heterocycles. The average molecular weight is 454 g/mol. The van der Waals surface area contributed by atoms with Gasteiger partial charge in [0.15, 0.2) is 0 Å². The van der Waals surface area contributed by atoms with Crippen LogP contribution in [0.1, 0.15) is 24.8 Å². The molecule has 0 radical (unpaired) electrons. The van der Waals surface area contributed by atoms with Crippen molar-refractivity contribution in [2.75, 3.05) is 18.9 Å². The number of rotatable bonds is 6. The number of aryl methyl sites for hydroxylation is 1. The number of sulfonamides is 1. The maximum Gasteiger partial charge on any atom is 0.284 e. The summed E-state index contributed by atoms with van der Waals surface area (Å²) < 4.78 is 29.1. The smallest absolute Gasteiger partial charge is 0.284 e. The standard InChI is InChI=1S/C20H21Cl2N3O3S/c1-25-12-4-9-18(25)24-29(27,28)16-7-3-6-15(13-16)23-19(26)11-10-14-5-2-8-17(21)20(14)22/h2-3,5-8,13H,4,9-12H2,1H3,(H,23,26)/b24-18+. The minimum Gasteiger partial charge on any atom is -0.362 e. The van der Waals surface area contributed by atoms with Gasteiger partial charge in [0.25, 0.3) is 10.0 Å². The largest absolute Gasteiger partial charge is 0.362 e. The lowest BCUT2D eigenvalue weighted by atomic mass is 10.1. The molecule has 3 rings (SSSR count). The maximum absolute atomic E-state index is 12.6. The molecule has 6 nitrogen and oxygen atoms in total. The van der Waals surface area contributed by atoms with Gasteiger partial charge in [0.2, 0.25) is 5.91 Å². The van der Waals surface area contributed by atoms with Crippen LogP contribution in [0.5, 0.6) is 0 Å². The van der Waals surface area contributed by atoms with E-state index in [2.05, 4.69) is 9.71 Å². The third-order valence-electron chi connectivity index (χ3n) is 4.63. The number of nitrogens with zero attached hydrogens (tertiary/aromatic N) is 2. The zero-order chi connectivity index (χ0) is 21.0. The highest BCUT2D eigenvalue weighted by Gasteiger charge is 2.20. The number of halogens is 2. The summed E-state index contributed by atoms with van der Waals surface area (Å²) in [6, 6.07) is 11.4. The number of nitrogens with one attached hydrogen (secondary N) is 1. The molecule has 0 saturated carbocycles. The Kier molecular flexibility index (Phi) is 6.82. The fourth-order valence-electron chi connectivity index (χ4n) is 3.05. The topological polar surface area (TPSA) is 78.8 Å². The predicted molar refractivity (Wildman–Crippen MR) is 116 cm³/mol. The highest BCUT2D eigenvalue weighted by atomic mass is 35.5. The summed E-state index contributed by atoms with van der Waals surface area (Å²) >= 11 is 12.1. The van der Waals surface area contributed by atoms with E-state index in [1.807, 2.05) is 18.0 Å². The number of amides is 1. The second-order valence-corrected chi connectivity index (χ2v) is 9.19. The van der Waals surface area contributed by atoms with Crippen LogP contribution in [-0.2, 0) is 21.2 Å². The van der Waals surface area contributed by atoms with E-state index in [1.165, 1.54) is 12.1 Å². The van der Waals surface area contributed by atoms with Crippen molar-refractivity contribution in [2.24, 2.45) is 4.40 Å². The molecule has 1 aliphatic heterocycles. The number of amidine groups is 1. The SMILES string of the molecule is CN1CCC/C1=N\S(=O)(=O)c1cccc(NC(=O)CCc2cccc(Cl)c2Cl)c1. The highest BCUT2D eigenvalue weighted by molar-refractivity contribution is 7.90. The number of anilines is 1. The van der Waals surface area contributed by atoms with Gasteiger partial charge in [-0.1, -0.05) is 41.4 Å². The average Bonchev–Trinajstić information content (AvgIpc) is 3.07. The molecule has 1 N–H and O–H groups in total. The Balaban J connectivity index is 1.68. The van der Waals surface area contributed by atoms with E-state index >= 15 is 0 Å². The number of hydrogen-bond acceptors (Lipinski definition) is 3. The van der Waals surface area contributed by atoms with E-state index in [1.54, 1.807) is 24.3 Å². The summed E-state index contributed by atoms with van der Waals surface area (Å²) in [7, 11) is -2.01. The van der Waals surface area contributed by atoms with Gasteiger partial charge in [-0.15, -0.1) is 4.40 Å². The molecular formula is C20H21Cl2N3O3S. The first-order chi connectivity index (χ1) is 13.8. The molecule has 1 heterocycles. The van der Waals surface area contributed by atoms with Gasteiger partial charge in [0.1, 0.15) is 5.84 Å². The second kappa shape index (κ2) is 9.15. The first-order valence-electron chi connectivity index (χ1n) is 9.14. The minimum atomic E-state index is -3.84. The summed E-state index contributed by atoms with van der Waals surface area (Å²) in [5.41, 5.74) is 1.18. The zero-order valence-corrected chi connectivity index (χ0v) is 18.2. The Morgan fingerprint density at radius 2 is 1.97 bits per heavy atom. The summed E-state index contributed by atoms with van der Waals surface area (Å²) in [5, 5.41) is 3.60.